The maximum Gasteiger partial charge on any atom is 0.169 e. The van der Waals surface area contributed by atoms with Crippen molar-refractivity contribution >= 4 is 22.7 Å². The molecule has 1 fully saturated rings. The van der Waals surface area contributed by atoms with Crippen molar-refractivity contribution < 1.29 is 4.74 Å². The second-order valence-corrected chi connectivity index (χ2v) is 7.24. The van der Waals surface area contributed by atoms with Crippen LogP contribution in [0.2, 0.25) is 0 Å². The summed E-state index contributed by atoms with van der Waals surface area (Å²) in [7, 11) is 0. The minimum atomic E-state index is 0.170. The summed E-state index contributed by atoms with van der Waals surface area (Å²) in [6, 6.07) is 13.7. The predicted octanol–water partition coefficient (Wildman–Crippen LogP) is 2.49. The van der Waals surface area contributed by atoms with E-state index in [0.717, 1.165) is 23.5 Å². The van der Waals surface area contributed by atoms with E-state index >= 15 is 0 Å². The Morgan fingerprint density at radius 1 is 1.27 bits per heavy atom. The number of pyridine rings is 1. The van der Waals surface area contributed by atoms with Crippen LogP contribution in [0.5, 0.6) is 0 Å². The summed E-state index contributed by atoms with van der Waals surface area (Å²) in [5.74, 6) is 1.80. The lowest BCUT2D eigenvalue weighted by Gasteiger charge is -2.34. The fraction of sp³-hybridized carbons (Fsp3) is 0.238. The molecule has 0 radical (unpaired) electrons. The number of aromatic amines is 1. The van der Waals surface area contributed by atoms with Gasteiger partial charge in [0, 0.05) is 23.7 Å². The van der Waals surface area contributed by atoms with Crippen LogP contribution in [-0.4, -0.2) is 50.8 Å². The van der Waals surface area contributed by atoms with Crippen molar-refractivity contribution in [3.05, 3.63) is 48.2 Å². The molecule has 0 spiro atoms. The molecule has 0 unspecified atom stereocenters. The van der Waals surface area contributed by atoms with E-state index in [9.17, 15) is 5.26 Å². The Labute approximate surface area is 172 Å². The molecule has 0 amide bonds. The molecule has 5 rings (SSSR count). The quantitative estimate of drug-likeness (QED) is 0.542. The van der Waals surface area contributed by atoms with Gasteiger partial charge in [0.05, 0.1) is 42.5 Å². The molecular weight excluding hydrogens is 380 g/mol. The van der Waals surface area contributed by atoms with Crippen molar-refractivity contribution in [1.29, 1.82) is 5.26 Å². The topological polar surface area (TPSA) is 122 Å². The van der Waals surface area contributed by atoms with Crippen LogP contribution in [0.3, 0.4) is 0 Å². The molecule has 150 valence electrons. The Balaban J connectivity index is 1.83. The molecule has 0 bridgehead atoms. The van der Waals surface area contributed by atoms with Crippen molar-refractivity contribution in [2.45, 2.75) is 13.0 Å². The molecule has 1 aromatic carbocycles. The third kappa shape index (κ3) is 2.86. The Morgan fingerprint density at radius 2 is 2.13 bits per heavy atom. The number of morpholine rings is 1. The number of nitriles is 1. The number of H-pyrrole nitrogens is 1. The van der Waals surface area contributed by atoms with Crippen LogP contribution in [-0.2, 0) is 4.74 Å². The lowest BCUT2D eigenvalue weighted by atomic mass is 9.98. The zero-order chi connectivity index (χ0) is 20.7. The van der Waals surface area contributed by atoms with E-state index in [2.05, 4.69) is 33.2 Å². The Morgan fingerprint density at radius 3 is 2.90 bits per heavy atom. The van der Waals surface area contributed by atoms with Gasteiger partial charge in [0.2, 0.25) is 0 Å². The van der Waals surface area contributed by atoms with Gasteiger partial charge in [0.25, 0.3) is 0 Å². The minimum Gasteiger partial charge on any atom is -0.382 e. The number of hydrogen-bond acceptors (Lipinski definition) is 7. The molecule has 9 heteroatoms. The van der Waals surface area contributed by atoms with Gasteiger partial charge in [-0.25, -0.2) is 4.98 Å². The van der Waals surface area contributed by atoms with Crippen LogP contribution in [0.4, 0.5) is 11.6 Å². The SMILES string of the molecule is C[C@@H]1COCCN1c1cc(-c2ccccc2C#N)c2c(N)nn(-c3ccn[nH]3)c2n1. The third-order valence-electron chi connectivity index (χ3n) is 5.37. The first-order valence-electron chi connectivity index (χ1n) is 9.70. The first-order chi connectivity index (χ1) is 14.7. The molecule has 1 saturated heterocycles. The summed E-state index contributed by atoms with van der Waals surface area (Å²) in [6.07, 6.45) is 1.65. The molecule has 1 atom stereocenters. The highest BCUT2D eigenvalue weighted by Gasteiger charge is 2.25. The van der Waals surface area contributed by atoms with Gasteiger partial charge in [-0.05, 0) is 19.1 Å². The molecular formula is C21H20N8O. The van der Waals surface area contributed by atoms with Crippen molar-refractivity contribution in [3.8, 4) is 23.0 Å². The molecule has 4 aromatic rings. The van der Waals surface area contributed by atoms with E-state index in [4.69, 9.17) is 15.5 Å². The molecule has 30 heavy (non-hydrogen) atoms. The van der Waals surface area contributed by atoms with Gasteiger partial charge >= 0.3 is 0 Å². The third-order valence-corrected chi connectivity index (χ3v) is 5.37. The number of nitrogens with two attached hydrogens (primary N) is 1. The molecule has 3 aromatic heterocycles. The average Bonchev–Trinajstić information content (AvgIpc) is 3.42. The number of hydrogen-bond donors (Lipinski definition) is 2. The van der Waals surface area contributed by atoms with Crippen molar-refractivity contribution in [3.63, 3.8) is 0 Å². The van der Waals surface area contributed by atoms with Gasteiger partial charge in [0.15, 0.2) is 17.3 Å². The van der Waals surface area contributed by atoms with Crippen LogP contribution < -0.4 is 10.6 Å². The smallest absolute Gasteiger partial charge is 0.169 e. The highest BCUT2D eigenvalue weighted by Crippen LogP contribution is 2.37. The first-order valence-corrected chi connectivity index (χ1v) is 9.70. The molecule has 1 aliphatic heterocycles. The summed E-state index contributed by atoms with van der Waals surface area (Å²) in [6.45, 7) is 4.10. The number of aromatic nitrogens is 5. The predicted molar refractivity (Wildman–Crippen MR) is 113 cm³/mol. The van der Waals surface area contributed by atoms with Crippen LogP contribution in [0.15, 0.2) is 42.6 Å². The van der Waals surface area contributed by atoms with Gasteiger partial charge in [-0.2, -0.15) is 15.0 Å². The Kier molecular flexibility index (Phi) is 4.34. The Bertz CT molecular complexity index is 1250. The average molecular weight is 400 g/mol. The van der Waals surface area contributed by atoms with Gasteiger partial charge in [-0.1, -0.05) is 18.2 Å². The molecule has 0 saturated carbocycles. The van der Waals surface area contributed by atoms with Crippen LogP contribution in [0.25, 0.3) is 28.0 Å². The highest BCUT2D eigenvalue weighted by atomic mass is 16.5. The van der Waals surface area contributed by atoms with Crippen LogP contribution >= 0.6 is 0 Å². The Hall–Kier alpha value is -3.90. The molecule has 9 nitrogen and oxygen atoms in total. The first kappa shape index (κ1) is 18.1. The van der Waals surface area contributed by atoms with Crippen molar-refractivity contribution in [1.82, 2.24) is 25.0 Å². The van der Waals surface area contributed by atoms with Crippen LogP contribution in [0, 0.1) is 11.3 Å². The molecule has 0 aliphatic carbocycles. The van der Waals surface area contributed by atoms with E-state index in [1.165, 1.54) is 0 Å². The van der Waals surface area contributed by atoms with Gasteiger partial charge < -0.3 is 15.4 Å². The zero-order valence-corrected chi connectivity index (χ0v) is 16.4. The second-order valence-electron chi connectivity index (χ2n) is 7.24. The monoisotopic (exact) mass is 400 g/mol. The van der Waals surface area contributed by atoms with E-state index in [1.807, 2.05) is 24.3 Å². The van der Waals surface area contributed by atoms with Gasteiger partial charge in [0.1, 0.15) is 5.82 Å². The number of anilines is 2. The number of rotatable bonds is 3. The van der Waals surface area contributed by atoms with Gasteiger partial charge in [-0.15, -0.1) is 5.10 Å². The number of ether oxygens (including phenoxy) is 1. The largest absolute Gasteiger partial charge is 0.382 e. The second kappa shape index (κ2) is 7.17. The number of nitrogens with one attached hydrogen (secondary N) is 1. The summed E-state index contributed by atoms with van der Waals surface area (Å²) >= 11 is 0. The fourth-order valence-corrected chi connectivity index (χ4v) is 3.91. The number of fused-ring (bicyclic) bond motifs is 1. The van der Waals surface area contributed by atoms with Crippen molar-refractivity contribution in [2.24, 2.45) is 0 Å². The van der Waals surface area contributed by atoms with E-state index in [-0.39, 0.29) is 6.04 Å². The maximum absolute atomic E-state index is 9.68. The maximum atomic E-state index is 9.68. The van der Waals surface area contributed by atoms with Crippen LogP contribution in [0.1, 0.15) is 12.5 Å². The van der Waals surface area contributed by atoms with E-state index < -0.39 is 0 Å². The summed E-state index contributed by atoms with van der Waals surface area (Å²) in [5.41, 5.74) is 9.15. The number of nitrogens with zero attached hydrogens (tertiary/aromatic N) is 6. The highest BCUT2D eigenvalue weighted by molar-refractivity contribution is 6.02. The minimum absolute atomic E-state index is 0.170. The van der Waals surface area contributed by atoms with Crippen molar-refractivity contribution in [2.75, 3.05) is 30.4 Å². The van der Waals surface area contributed by atoms with E-state index in [1.54, 1.807) is 23.0 Å². The lowest BCUT2D eigenvalue weighted by Crippen LogP contribution is -2.44. The summed E-state index contributed by atoms with van der Waals surface area (Å²) in [5, 5.41) is 21.8. The van der Waals surface area contributed by atoms with Gasteiger partial charge in [-0.3, -0.25) is 5.10 Å². The number of benzene rings is 1. The summed E-state index contributed by atoms with van der Waals surface area (Å²) < 4.78 is 7.25. The molecule has 4 heterocycles. The molecule has 3 N–H and O–H groups in total. The van der Waals surface area contributed by atoms with E-state index in [0.29, 0.717) is 41.4 Å². The standard InChI is InChI=1S/C21H20N8O/c1-13-12-30-9-8-28(13)18-10-16(15-5-3-2-4-14(15)11-22)19-20(23)27-29(21(19)25-18)17-6-7-24-26-17/h2-7,10,13H,8-9,12H2,1H3,(H2,23,27)(H,24,26)/t13-/m1/s1. The zero-order valence-electron chi connectivity index (χ0n) is 16.4. The fourth-order valence-electron chi connectivity index (χ4n) is 3.91. The molecule has 1 aliphatic rings. The number of nitrogen functional groups attached to an aromatic ring is 1. The lowest BCUT2D eigenvalue weighted by molar-refractivity contribution is 0.0986. The normalized spacial score (nSPS) is 16.7. The summed E-state index contributed by atoms with van der Waals surface area (Å²) in [4.78, 5) is 7.14.